The van der Waals surface area contributed by atoms with Crippen LogP contribution in [0.4, 0.5) is 10.8 Å². The molecule has 2 aromatic rings. The number of likely N-dealkylation sites (N-methyl/N-ethyl adjacent to an activating group) is 1. The summed E-state index contributed by atoms with van der Waals surface area (Å²) in [6, 6.07) is 5.81. The summed E-state index contributed by atoms with van der Waals surface area (Å²) in [4.78, 5) is 19.8. The van der Waals surface area contributed by atoms with Crippen molar-refractivity contribution in [3.8, 4) is 0 Å². The Morgan fingerprint density at radius 3 is 2.84 bits per heavy atom. The van der Waals surface area contributed by atoms with Crippen molar-refractivity contribution < 1.29 is 4.79 Å². The zero-order chi connectivity index (χ0) is 13.2. The molecule has 0 atom stereocenters. The minimum Gasteiger partial charge on any atom is -0.345 e. The van der Waals surface area contributed by atoms with Gasteiger partial charge in [-0.1, -0.05) is 11.3 Å². The summed E-state index contributed by atoms with van der Waals surface area (Å²) in [6.07, 6.45) is 0.698. The maximum absolute atomic E-state index is 10.5. The number of rotatable bonds is 3. The van der Waals surface area contributed by atoms with Crippen LogP contribution in [-0.2, 0) is 4.79 Å². The highest BCUT2D eigenvalue weighted by Gasteiger charge is 2.17. The number of hydrogen-bond acceptors (Lipinski definition) is 5. The van der Waals surface area contributed by atoms with E-state index in [0.29, 0.717) is 6.41 Å². The molecule has 1 fully saturated rings. The zero-order valence-corrected chi connectivity index (χ0v) is 11.6. The number of nitrogens with zero attached hydrogens (tertiary/aromatic N) is 3. The Hall–Kier alpha value is -1.66. The quantitative estimate of drug-likeness (QED) is 0.865. The third-order valence-electron chi connectivity index (χ3n) is 3.38. The largest absolute Gasteiger partial charge is 0.345 e. The fourth-order valence-corrected chi connectivity index (χ4v) is 3.26. The second-order valence-corrected chi connectivity index (χ2v) is 5.74. The van der Waals surface area contributed by atoms with Crippen LogP contribution in [0.15, 0.2) is 18.2 Å². The first kappa shape index (κ1) is 12.4. The number of hydrogen-bond donors (Lipinski definition) is 1. The normalized spacial score (nSPS) is 16.8. The van der Waals surface area contributed by atoms with Crippen molar-refractivity contribution in [2.24, 2.45) is 0 Å². The van der Waals surface area contributed by atoms with Crippen molar-refractivity contribution in [3.05, 3.63) is 18.2 Å². The highest BCUT2D eigenvalue weighted by atomic mass is 32.1. The zero-order valence-electron chi connectivity index (χ0n) is 10.8. The van der Waals surface area contributed by atoms with Crippen molar-refractivity contribution >= 4 is 38.8 Å². The number of fused-ring (bicyclic) bond motifs is 1. The molecule has 2 heterocycles. The van der Waals surface area contributed by atoms with Gasteiger partial charge in [0.05, 0.1) is 10.2 Å². The maximum Gasteiger partial charge on any atom is 0.211 e. The van der Waals surface area contributed by atoms with E-state index in [4.69, 9.17) is 0 Å². The second-order valence-electron chi connectivity index (χ2n) is 4.73. The van der Waals surface area contributed by atoms with Crippen molar-refractivity contribution in [3.63, 3.8) is 0 Å². The number of amides is 1. The van der Waals surface area contributed by atoms with Crippen LogP contribution in [-0.4, -0.2) is 49.5 Å². The van der Waals surface area contributed by atoms with Gasteiger partial charge in [-0.05, 0) is 25.2 Å². The van der Waals surface area contributed by atoms with Gasteiger partial charge in [0, 0.05) is 31.9 Å². The molecule has 0 radical (unpaired) electrons. The smallest absolute Gasteiger partial charge is 0.211 e. The maximum atomic E-state index is 10.5. The predicted molar refractivity (Wildman–Crippen MR) is 79.0 cm³/mol. The summed E-state index contributed by atoms with van der Waals surface area (Å²) in [7, 11) is 2.15. The number of anilines is 2. The fourth-order valence-electron chi connectivity index (χ4n) is 2.20. The molecule has 6 heteroatoms. The molecule has 19 heavy (non-hydrogen) atoms. The number of aromatic nitrogens is 1. The van der Waals surface area contributed by atoms with E-state index in [2.05, 4.69) is 27.1 Å². The first-order valence-electron chi connectivity index (χ1n) is 6.30. The Labute approximate surface area is 115 Å². The monoisotopic (exact) mass is 276 g/mol. The van der Waals surface area contributed by atoms with Gasteiger partial charge in [0.15, 0.2) is 5.13 Å². The number of nitrogens with one attached hydrogen (secondary N) is 1. The van der Waals surface area contributed by atoms with E-state index in [-0.39, 0.29) is 0 Å². The summed E-state index contributed by atoms with van der Waals surface area (Å²) in [6.45, 7) is 4.20. The van der Waals surface area contributed by atoms with E-state index >= 15 is 0 Å². The molecule has 1 aromatic carbocycles. The Kier molecular flexibility index (Phi) is 3.35. The van der Waals surface area contributed by atoms with Gasteiger partial charge in [-0.15, -0.1) is 0 Å². The Balaban J connectivity index is 1.86. The fraction of sp³-hybridized carbons (Fsp3) is 0.385. The van der Waals surface area contributed by atoms with Gasteiger partial charge in [-0.25, -0.2) is 4.98 Å². The third-order valence-corrected chi connectivity index (χ3v) is 4.46. The molecular formula is C13H16N4OS. The van der Waals surface area contributed by atoms with Crippen LogP contribution in [0.3, 0.4) is 0 Å². The standard InChI is InChI=1S/C13H16N4OS/c1-16-4-6-17(7-5-16)13-15-11-3-2-10(14-9-18)8-12(11)19-13/h2-3,8-9H,4-7H2,1H3,(H,14,18). The Morgan fingerprint density at radius 1 is 1.32 bits per heavy atom. The second kappa shape index (κ2) is 5.14. The topological polar surface area (TPSA) is 48.5 Å². The van der Waals surface area contributed by atoms with Crippen LogP contribution >= 0.6 is 11.3 Å². The van der Waals surface area contributed by atoms with Crippen molar-refractivity contribution in [2.45, 2.75) is 0 Å². The molecule has 5 nitrogen and oxygen atoms in total. The summed E-state index contributed by atoms with van der Waals surface area (Å²) in [5, 5.41) is 3.75. The molecule has 1 aliphatic heterocycles. The van der Waals surface area contributed by atoms with Gasteiger partial charge in [0.25, 0.3) is 0 Å². The average Bonchev–Trinajstić information content (AvgIpc) is 2.83. The van der Waals surface area contributed by atoms with Crippen LogP contribution in [0, 0.1) is 0 Å². The Morgan fingerprint density at radius 2 is 2.11 bits per heavy atom. The van der Waals surface area contributed by atoms with Gasteiger partial charge >= 0.3 is 0 Å². The molecule has 0 bridgehead atoms. The van der Waals surface area contributed by atoms with Gasteiger partial charge in [-0.2, -0.15) is 0 Å². The molecule has 0 saturated carbocycles. The minimum absolute atomic E-state index is 0.698. The lowest BCUT2D eigenvalue weighted by Crippen LogP contribution is -2.44. The van der Waals surface area contributed by atoms with Crippen molar-refractivity contribution in [2.75, 3.05) is 43.4 Å². The van der Waals surface area contributed by atoms with E-state index in [1.165, 1.54) is 0 Å². The SMILES string of the molecule is CN1CCN(c2nc3ccc(NC=O)cc3s2)CC1. The molecule has 1 aliphatic rings. The number of thiazole rings is 1. The van der Waals surface area contributed by atoms with Gasteiger partial charge in [0.1, 0.15) is 0 Å². The molecule has 0 spiro atoms. The summed E-state index contributed by atoms with van der Waals surface area (Å²) >= 11 is 1.69. The third kappa shape index (κ3) is 2.54. The first-order valence-corrected chi connectivity index (χ1v) is 7.12. The lowest BCUT2D eigenvalue weighted by Gasteiger charge is -2.31. The lowest BCUT2D eigenvalue weighted by atomic mass is 10.3. The van der Waals surface area contributed by atoms with Crippen LogP contribution < -0.4 is 10.2 Å². The molecule has 1 aromatic heterocycles. The average molecular weight is 276 g/mol. The molecule has 1 N–H and O–H groups in total. The summed E-state index contributed by atoms with van der Waals surface area (Å²) in [5.74, 6) is 0. The summed E-state index contributed by atoms with van der Waals surface area (Å²) < 4.78 is 1.11. The highest BCUT2D eigenvalue weighted by Crippen LogP contribution is 2.31. The number of carbonyl (C=O) groups excluding carboxylic acids is 1. The van der Waals surface area contributed by atoms with E-state index in [9.17, 15) is 4.79 Å². The van der Waals surface area contributed by atoms with E-state index < -0.39 is 0 Å². The van der Waals surface area contributed by atoms with Gasteiger partial charge < -0.3 is 15.1 Å². The Bertz CT molecular complexity index is 589. The van der Waals surface area contributed by atoms with Crippen LogP contribution in [0.2, 0.25) is 0 Å². The molecule has 0 aliphatic carbocycles. The molecule has 0 unspecified atom stereocenters. The predicted octanol–water partition coefficient (Wildman–Crippen LogP) is 1.62. The molecular weight excluding hydrogens is 260 g/mol. The van der Waals surface area contributed by atoms with Crippen LogP contribution in [0.1, 0.15) is 0 Å². The van der Waals surface area contributed by atoms with Crippen molar-refractivity contribution in [1.82, 2.24) is 9.88 Å². The number of carbonyl (C=O) groups is 1. The van der Waals surface area contributed by atoms with E-state index in [1.54, 1.807) is 11.3 Å². The van der Waals surface area contributed by atoms with Crippen LogP contribution in [0.25, 0.3) is 10.2 Å². The first-order chi connectivity index (χ1) is 9.26. The molecule has 1 saturated heterocycles. The number of benzene rings is 1. The van der Waals surface area contributed by atoms with Gasteiger partial charge in [0.2, 0.25) is 6.41 Å². The van der Waals surface area contributed by atoms with E-state index in [1.807, 2.05) is 18.2 Å². The van der Waals surface area contributed by atoms with Gasteiger partial charge in [-0.3, -0.25) is 4.79 Å². The molecule has 3 rings (SSSR count). The van der Waals surface area contributed by atoms with E-state index in [0.717, 1.165) is 47.2 Å². The highest BCUT2D eigenvalue weighted by molar-refractivity contribution is 7.22. The van der Waals surface area contributed by atoms with Crippen molar-refractivity contribution in [1.29, 1.82) is 0 Å². The van der Waals surface area contributed by atoms with Crippen LogP contribution in [0.5, 0.6) is 0 Å². The lowest BCUT2D eigenvalue weighted by molar-refractivity contribution is -0.105. The molecule has 100 valence electrons. The minimum atomic E-state index is 0.698. The number of piperazine rings is 1. The summed E-state index contributed by atoms with van der Waals surface area (Å²) in [5.41, 5.74) is 1.81. The molecule has 1 amide bonds.